The van der Waals surface area contributed by atoms with Crippen molar-refractivity contribution in [2.75, 3.05) is 25.9 Å². The molecule has 2 nitrogen and oxygen atoms in total. The van der Waals surface area contributed by atoms with E-state index in [1.165, 1.54) is 45.3 Å². The quantitative estimate of drug-likeness (QED) is 0.827. The van der Waals surface area contributed by atoms with Crippen molar-refractivity contribution in [2.24, 2.45) is 5.92 Å². The molecule has 1 N–H and O–H groups in total. The summed E-state index contributed by atoms with van der Waals surface area (Å²) in [5.41, 5.74) is 0. The van der Waals surface area contributed by atoms with Gasteiger partial charge >= 0.3 is 0 Å². The molecule has 2 rings (SSSR count). The summed E-state index contributed by atoms with van der Waals surface area (Å²) in [5.74, 6) is 0.798. The molecule has 0 bridgehead atoms. The van der Waals surface area contributed by atoms with Crippen LogP contribution in [0.2, 0.25) is 0 Å². The Hall–Kier alpha value is 0.270. The van der Waals surface area contributed by atoms with Crippen LogP contribution in [0, 0.1) is 5.92 Å². The normalized spacial score (nSPS) is 34.0. The molecule has 3 unspecified atom stereocenters. The fraction of sp³-hybridized carbons (Fsp3) is 1.00. The predicted octanol–water partition coefficient (Wildman–Crippen LogP) is 2.98. The van der Waals surface area contributed by atoms with Gasteiger partial charge in [-0.2, -0.15) is 11.8 Å². The molecule has 18 heavy (non-hydrogen) atoms. The number of nitrogens with one attached hydrogen (secondary N) is 1. The van der Waals surface area contributed by atoms with Gasteiger partial charge in [0.05, 0.1) is 0 Å². The van der Waals surface area contributed by atoms with Crippen molar-refractivity contribution < 1.29 is 0 Å². The fourth-order valence-electron chi connectivity index (χ4n) is 3.20. The highest BCUT2D eigenvalue weighted by molar-refractivity contribution is 8.00. The minimum atomic E-state index is 0.589. The van der Waals surface area contributed by atoms with Gasteiger partial charge in [-0.1, -0.05) is 26.7 Å². The third kappa shape index (κ3) is 3.05. The maximum Gasteiger partial charge on any atom is 0.0284 e. The van der Waals surface area contributed by atoms with Crippen molar-refractivity contribution in [3.8, 4) is 0 Å². The van der Waals surface area contributed by atoms with Gasteiger partial charge in [0.2, 0.25) is 0 Å². The Morgan fingerprint density at radius 3 is 2.67 bits per heavy atom. The van der Waals surface area contributed by atoms with Crippen molar-refractivity contribution in [3.05, 3.63) is 0 Å². The zero-order valence-corrected chi connectivity index (χ0v) is 13.4. The number of rotatable bonds is 5. The minimum absolute atomic E-state index is 0.589. The Bertz CT molecular complexity index is 260. The number of hydrogen-bond donors (Lipinski definition) is 1. The summed E-state index contributed by atoms with van der Waals surface area (Å²) < 4.78 is 0.589. The number of nitrogens with zero attached hydrogens (tertiary/aromatic N) is 1. The predicted molar refractivity (Wildman–Crippen MR) is 82.4 cm³/mol. The first-order chi connectivity index (χ1) is 8.60. The molecule has 0 aromatic heterocycles. The third-order valence-electron chi connectivity index (χ3n) is 5.25. The van der Waals surface area contributed by atoms with Gasteiger partial charge in [0.1, 0.15) is 0 Å². The summed E-state index contributed by atoms with van der Waals surface area (Å²) in [6.45, 7) is 10.8. The second-order valence-corrected chi connectivity index (χ2v) is 7.69. The van der Waals surface area contributed by atoms with Crippen LogP contribution in [0.4, 0.5) is 0 Å². The lowest BCUT2D eigenvalue weighted by Crippen LogP contribution is -2.60. The van der Waals surface area contributed by atoms with Gasteiger partial charge < -0.3 is 5.32 Å². The second kappa shape index (κ2) is 6.15. The minimum Gasteiger partial charge on any atom is -0.311 e. The van der Waals surface area contributed by atoms with Crippen LogP contribution in [0.1, 0.15) is 46.5 Å². The van der Waals surface area contributed by atoms with Crippen LogP contribution in [0.5, 0.6) is 0 Å². The zero-order chi connectivity index (χ0) is 13.2. The van der Waals surface area contributed by atoms with Gasteiger partial charge in [0, 0.05) is 36.5 Å². The summed E-state index contributed by atoms with van der Waals surface area (Å²) in [4.78, 5) is 2.75. The SMILES string of the molecule is CCC(C)C1CN(CC2(SC)CCC2)C(C)CN1. The average Bonchev–Trinajstić information content (AvgIpc) is 2.35. The van der Waals surface area contributed by atoms with Crippen molar-refractivity contribution in [1.82, 2.24) is 10.2 Å². The van der Waals surface area contributed by atoms with E-state index in [2.05, 4.69) is 49.0 Å². The Kier molecular flexibility index (Phi) is 5.01. The molecule has 1 saturated carbocycles. The van der Waals surface area contributed by atoms with Crippen molar-refractivity contribution in [1.29, 1.82) is 0 Å². The summed E-state index contributed by atoms with van der Waals surface area (Å²) in [5, 5.41) is 3.74. The van der Waals surface area contributed by atoms with E-state index in [0.29, 0.717) is 16.8 Å². The topological polar surface area (TPSA) is 15.3 Å². The van der Waals surface area contributed by atoms with E-state index < -0.39 is 0 Å². The second-order valence-electron chi connectivity index (χ2n) is 6.42. The standard InChI is InChI=1S/C15H30N2S/c1-5-12(2)14-10-17(13(3)9-16-14)11-15(18-4)7-6-8-15/h12-14,16H,5-11H2,1-4H3. The van der Waals surface area contributed by atoms with E-state index in [1.54, 1.807) is 0 Å². The molecule has 0 radical (unpaired) electrons. The van der Waals surface area contributed by atoms with E-state index >= 15 is 0 Å². The van der Waals surface area contributed by atoms with Gasteiger partial charge in [0.25, 0.3) is 0 Å². The third-order valence-corrected chi connectivity index (χ3v) is 6.65. The average molecular weight is 270 g/mol. The number of thioether (sulfide) groups is 1. The number of piperazine rings is 1. The largest absolute Gasteiger partial charge is 0.311 e. The van der Waals surface area contributed by atoms with Gasteiger partial charge in [-0.15, -0.1) is 0 Å². The summed E-state index contributed by atoms with van der Waals surface area (Å²) in [7, 11) is 0. The first kappa shape index (κ1) is 14.7. The van der Waals surface area contributed by atoms with Crippen LogP contribution in [0.15, 0.2) is 0 Å². The Morgan fingerprint density at radius 1 is 1.44 bits per heavy atom. The molecule has 1 aliphatic heterocycles. The van der Waals surface area contributed by atoms with Gasteiger partial charge in [-0.25, -0.2) is 0 Å². The molecule has 2 fully saturated rings. The molecular weight excluding hydrogens is 240 g/mol. The molecule has 3 atom stereocenters. The lowest BCUT2D eigenvalue weighted by atomic mass is 9.83. The summed E-state index contributed by atoms with van der Waals surface area (Å²) in [6.07, 6.45) is 7.89. The van der Waals surface area contributed by atoms with E-state index in [0.717, 1.165) is 5.92 Å². The number of hydrogen-bond acceptors (Lipinski definition) is 3. The molecule has 1 heterocycles. The highest BCUT2D eigenvalue weighted by Gasteiger charge is 2.40. The van der Waals surface area contributed by atoms with E-state index in [1.807, 2.05) is 0 Å². The molecule has 0 spiro atoms. The summed E-state index contributed by atoms with van der Waals surface area (Å²) >= 11 is 2.11. The molecule has 2 aliphatic rings. The van der Waals surface area contributed by atoms with Gasteiger partial charge in [0.15, 0.2) is 0 Å². The highest BCUT2D eigenvalue weighted by Crippen LogP contribution is 2.43. The van der Waals surface area contributed by atoms with Crippen molar-refractivity contribution >= 4 is 11.8 Å². The van der Waals surface area contributed by atoms with E-state index in [4.69, 9.17) is 0 Å². The highest BCUT2D eigenvalue weighted by atomic mass is 32.2. The van der Waals surface area contributed by atoms with Crippen molar-refractivity contribution in [2.45, 2.75) is 63.3 Å². The molecule has 3 heteroatoms. The monoisotopic (exact) mass is 270 g/mol. The van der Waals surface area contributed by atoms with Gasteiger partial charge in [-0.3, -0.25) is 4.90 Å². The van der Waals surface area contributed by atoms with Crippen LogP contribution in [0.25, 0.3) is 0 Å². The Balaban J connectivity index is 1.93. The first-order valence-electron chi connectivity index (χ1n) is 7.63. The van der Waals surface area contributed by atoms with E-state index in [-0.39, 0.29) is 0 Å². The Morgan fingerprint density at radius 2 is 2.17 bits per heavy atom. The molecule has 0 aromatic rings. The molecule has 106 valence electrons. The molecule has 1 aliphatic carbocycles. The van der Waals surface area contributed by atoms with Crippen LogP contribution in [-0.2, 0) is 0 Å². The smallest absolute Gasteiger partial charge is 0.0284 e. The fourth-order valence-corrected chi connectivity index (χ4v) is 4.19. The van der Waals surface area contributed by atoms with Crippen LogP contribution < -0.4 is 5.32 Å². The maximum absolute atomic E-state index is 3.74. The summed E-state index contributed by atoms with van der Waals surface area (Å²) in [6, 6.07) is 1.40. The van der Waals surface area contributed by atoms with Gasteiger partial charge in [-0.05, 0) is 31.9 Å². The van der Waals surface area contributed by atoms with Crippen LogP contribution in [0.3, 0.4) is 0 Å². The van der Waals surface area contributed by atoms with Crippen molar-refractivity contribution in [3.63, 3.8) is 0 Å². The van der Waals surface area contributed by atoms with Crippen LogP contribution in [-0.4, -0.2) is 47.6 Å². The molecule has 1 saturated heterocycles. The first-order valence-corrected chi connectivity index (χ1v) is 8.85. The maximum atomic E-state index is 3.74. The molecule has 0 aromatic carbocycles. The Labute approximate surface area is 117 Å². The molecule has 0 amide bonds. The lowest BCUT2D eigenvalue weighted by molar-refractivity contribution is 0.0933. The van der Waals surface area contributed by atoms with Crippen LogP contribution >= 0.6 is 11.8 Å². The van der Waals surface area contributed by atoms with E-state index in [9.17, 15) is 0 Å². The molecular formula is C15H30N2S. The lowest BCUT2D eigenvalue weighted by Gasteiger charge is -2.49. The zero-order valence-electron chi connectivity index (χ0n) is 12.5.